The van der Waals surface area contributed by atoms with Gasteiger partial charge in [-0.15, -0.1) is 0 Å². The second-order valence-corrected chi connectivity index (χ2v) is 7.39. The second-order valence-electron chi connectivity index (χ2n) is 7.39. The molecule has 0 unspecified atom stereocenters. The van der Waals surface area contributed by atoms with Gasteiger partial charge < -0.3 is 19.6 Å². The predicted octanol–water partition coefficient (Wildman–Crippen LogP) is 3.48. The van der Waals surface area contributed by atoms with Crippen LogP contribution in [0.15, 0.2) is 28.6 Å². The fourth-order valence-corrected chi connectivity index (χ4v) is 4.99. The maximum Gasteiger partial charge on any atom is 0.166 e. The van der Waals surface area contributed by atoms with Gasteiger partial charge in [0.1, 0.15) is 0 Å². The third-order valence-electron chi connectivity index (χ3n) is 6.19. The largest absolute Gasteiger partial charge is 0.493 e. The number of ether oxygens (including phenoxy) is 2. The van der Waals surface area contributed by atoms with Crippen molar-refractivity contribution < 1.29 is 19.5 Å². The van der Waals surface area contributed by atoms with E-state index in [4.69, 9.17) is 9.47 Å². The van der Waals surface area contributed by atoms with Gasteiger partial charge in [0.15, 0.2) is 17.3 Å². The zero-order valence-electron chi connectivity index (χ0n) is 16.1. The third-order valence-corrected chi connectivity index (χ3v) is 6.19. The minimum absolute atomic E-state index is 0.0343. The highest BCUT2D eigenvalue weighted by molar-refractivity contribution is 6.24. The molecule has 6 nitrogen and oxygen atoms in total. The number of ketones is 1. The number of hydrogen-bond donors (Lipinski definition) is 1. The molecule has 0 aromatic heterocycles. The maximum atomic E-state index is 12.7. The molecular formula is C21H26N2O4. The number of allylic oxidation sites excluding steroid dienone is 2. The molecule has 4 rings (SSSR count). The number of carbonyl (C=O) groups excluding carboxylic acids is 1. The number of benzene rings is 1. The molecular weight excluding hydrogens is 344 g/mol. The lowest BCUT2D eigenvalue weighted by molar-refractivity contribution is -0.116. The summed E-state index contributed by atoms with van der Waals surface area (Å²) in [7, 11) is 3.29. The standard InChI is InChI=1S/C21H26N2O4/c1-4-13-20(22-25)19-15(6-5-7-16(19)24)23-9-8-12-10-17(26-2)18(27-3)11-14(12)21(13)23/h10-11,13,21,25H,4-9H2,1-3H3/t13-,21+/m0/s1. The van der Waals surface area contributed by atoms with E-state index in [0.717, 1.165) is 43.7 Å². The van der Waals surface area contributed by atoms with E-state index in [2.05, 4.69) is 29.1 Å². The highest BCUT2D eigenvalue weighted by Gasteiger charge is 2.46. The van der Waals surface area contributed by atoms with Crippen molar-refractivity contribution >= 4 is 11.5 Å². The first kappa shape index (κ1) is 17.9. The Balaban J connectivity index is 1.91. The summed E-state index contributed by atoms with van der Waals surface area (Å²) in [6, 6.07) is 4.16. The number of oxime groups is 1. The number of Topliss-reactive ketones (excluding diaryl/α,β-unsaturated/α-hetero) is 1. The van der Waals surface area contributed by atoms with Crippen LogP contribution in [-0.4, -0.2) is 42.4 Å². The Morgan fingerprint density at radius 2 is 1.93 bits per heavy atom. The van der Waals surface area contributed by atoms with Crippen molar-refractivity contribution in [3.8, 4) is 11.5 Å². The second kappa shape index (κ2) is 6.91. The molecule has 0 spiro atoms. The van der Waals surface area contributed by atoms with E-state index in [1.807, 2.05) is 0 Å². The van der Waals surface area contributed by atoms with E-state index >= 15 is 0 Å². The van der Waals surface area contributed by atoms with E-state index < -0.39 is 0 Å². The molecule has 27 heavy (non-hydrogen) atoms. The van der Waals surface area contributed by atoms with Crippen molar-refractivity contribution in [3.05, 3.63) is 34.5 Å². The molecule has 0 fully saturated rings. The van der Waals surface area contributed by atoms with E-state index in [-0.39, 0.29) is 17.7 Å². The lowest BCUT2D eigenvalue weighted by Crippen LogP contribution is -2.48. The summed E-state index contributed by atoms with van der Waals surface area (Å²) in [5, 5.41) is 13.4. The Morgan fingerprint density at radius 1 is 1.19 bits per heavy atom. The molecule has 6 heteroatoms. The molecule has 1 N–H and O–H groups in total. The van der Waals surface area contributed by atoms with E-state index in [1.165, 1.54) is 11.1 Å². The van der Waals surface area contributed by atoms with Crippen LogP contribution in [0.3, 0.4) is 0 Å². The molecule has 2 atom stereocenters. The van der Waals surface area contributed by atoms with Gasteiger partial charge in [-0.05, 0) is 48.9 Å². The van der Waals surface area contributed by atoms with Gasteiger partial charge in [0, 0.05) is 24.6 Å². The van der Waals surface area contributed by atoms with Crippen LogP contribution in [0.5, 0.6) is 11.5 Å². The zero-order valence-corrected chi connectivity index (χ0v) is 16.1. The third kappa shape index (κ3) is 2.61. The smallest absolute Gasteiger partial charge is 0.166 e. The van der Waals surface area contributed by atoms with E-state index in [9.17, 15) is 10.0 Å². The fraction of sp³-hybridized carbons (Fsp3) is 0.524. The number of fused-ring (bicyclic) bond motifs is 4. The molecule has 2 aliphatic heterocycles. The first-order valence-corrected chi connectivity index (χ1v) is 9.64. The maximum absolute atomic E-state index is 12.7. The average molecular weight is 370 g/mol. The number of nitrogens with zero attached hydrogens (tertiary/aromatic N) is 2. The summed E-state index contributed by atoms with van der Waals surface area (Å²) in [4.78, 5) is 15.0. The molecule has 144 valence electrons. The lowest BCUT2D eigenvalue weighted by Gasteiger charge is -2.49. The summed E-state index contributed by atoms with van der Waals surface area (Å²) in [5.41, 5.74) is 4.68. The summed E-state index contributed by atoms with van der Waals surface area (Å²) in [6.45, 7) is 2.94. The lowest BCUT2D eigenvalue weighted by atomic mass is 9.72. The minimum Gasteiger partial charge on any atom is -0.493 e. The molecule has 1 aromatic rings. The van der Waals surface area contributed by atoms with Crippen molar-refractivity contribution in [2.75, 3.05) is 20.8 Å². The van der Waals surface area contributed by atoms with Gasteiger partial charge >= 0.3 is 0 Å². The molecule has 1 aliphatic carbocycles. The van der Waals surface area contributed by atoms with Crippen LogP contribution in [0, 0.1) is 5.92 Å². The van der Waals surface area contributed by atoms with Crippen LogP contribution in [0.4, 0.5) is 0 Å². The highest BCUT2D eigenvalue weighted by atomic mass is 16.5. The molecule has 0 saturated carbocycles. The SMILES string of the molecule is CC[C@H]1C(=NO)C2=C(CCCC2=O)N2CCc3cc(OC)c(OC)cc3[C@@H]12. The molecule has 0 amide bonds. The van der Waals surface area contributed by atoms with Crippen LogP contribution in [0.25, 0.3) is 0 Å². The number of carbonyl (C=O) groups is 1. The highest BCUT2D eigenvalue weighted by Crippen LogP contribution is 2.49. The molecule has 2 heterocycles. The number of hydrogen-bond acceptors (Lipinski definition) is 6. The van der Waals surface area contributed by atoms with Gasteiger partial charge in [-0.3, -0.25) is 4.79 Å². The van der Waals surface area contributed by atoms with Gasteiger partial charge in [-0.1, -0.05) is 12.1 Å². The van der Waals surface area contributed by atoms with E-state index in [1.54, 1.807) is 14.2 Å². The monoisotopic (exact) mass is 370 g/mol. The predicted molar refractivity (Wildman–Crippen MR) is 102 cm³/mol. The topological polar surface area (TPSA) is 71.4 Å². The van der Waals surface area contributed by atoms with Gasteiger partial charge in [-0.25, -0.2) is 0 Å². The average Bonchev–Trinajstić information content (AvgIpc) is 2.71. The Labute approximate surface area is 159 Å². The fourth-order valence-electron chi connectivity index (χ4n) is 4.99. The molecule has 1 aromatic carbocycles. The summed E-state index contributed by atoms with van der Waals surface area (Å²) in [6.07, 6.45) is 3.93. The Morgan fingerprint density at radius 3 is 2.59 bits per heavy atom. The van der Waals surface area contributed by atoms with Gasteiger partial charge in [0.2, 0.25) is 0 Å². The van der Waals surface area contributed by atoms with E-state index in [0.29, 0.717) is 23.5 Å². The molecule has 3 aliphatic rings. The molecule has 0 bridgehead atoms. The van der Waals surface area contributed by atoms with Crippen LogP contribution in [-0.2, 0) is 11.2 Å². The number of methoxy groups -OCH3 is 2. The first-order chi connectivity index (χ1) is 13.1. The summed E-state index contributed by atoms with van der Waals surface area (Å²) < 4.78 is 11.0. The quantitative estimate of drug-likeness (QED) is 0.651. The first-order valence-electron chi connectivity index (χ1n) is 9.64. The Kier molecular flexibility index (Phi) is 4.58. The van der Waals surface area contributed by atoms with Crippen molar-refractivity contribution in [2.45, 2.75) is 45.1 Å². The van der Waals surface area contributed by atoms with Crippen molar-refractivity contribution in [3.63, 3.8) is 0 Å². The van der Waals surface area contributed by atoms with Gasteiger partial charge in [0.05, 0.1) is 31.5 Å². The van der Waals surface area contributed by atoms with Crippen LogP contribution >= 0.6 is 0 Å². The zero-order chi connectivity index (χ0) is 19.1. The Bertz CT molecular complexity index is 843. The van der Waals surface area contributed by atoms with Crippen molar-refractivity contribution in [2.24, 2.45) is 11.1 Å². The molecule has 0 saturated heterocycles. The normalized spacial score (nSPS) is 25.8. The van der Waals surface area contributed by atoms with Crippen LogP contribution in [0.1, 0.15) is 49.8 Å². The van der Waals surface area contributed by atoms with Crippen LogP contribution < -0.4 is 9.47 Å². The minimum atomic E-state index is -0.0343. The van der Waals surface area contributed by atoms with Gasteiger partial charge in [-0.2, -0.15) is 0 Å². The Hall–Kier alpha value is -2.50. The molecule has 0 radical (unpaired) electrons. The van der Waals surface area contributed by atoms with Gasteiger partial charge in [0.25, 0.3) is 0 Å². The van der Waals surface area contributed by atoms with Crippen LogP contribution in [0.2, 0.25) is 0 Å². The number of rotatable bonds is 3. The summed E-state index contributed by atoms with van der Waals surface area (Å²) in [5.74, 6) is 1.51. The van der Waals surface area contributed by atoms with Crippen molar-refractivity contribution in [1.29, 1.82) is 0 Å². The van der Waals surface area contributed by atoms with Crippen molar-refractivity contribution in [1.82, 2.24) is 4.90 Å². The summed E-state index contributed by atoms with van der Waals surface area (Å²) >= 11 is 0.